The van der Waals surface area contributed by atoms with Crippen LogP contribution in [0.4, 0.5) is 0 Å². The van der Waals surface area contributed by atoms with Crippen molar-refractivity contribution in [3.8, 4) is 5.75 Å². The topological polar surface area (TPSA) is 31.2 Å². The number of nitrogens with zero attached hydrogens (tertiary/aromatic N) is 1. The van der Waals surface area contributed by atoms with Gasteiger partial charge in [-0.2, -0.15) is 0 Å². The van der Waals surface area contributed by atoms with E-state index >= 15 is 0 Å². The molecule has 1 rings (SSSR count). The minimum atomic E-state index is -0.0793. The highest BCUT2D eigenvalue weighted by atomic mass is 127. The Kier molecular flexibility index (Phi) is 2.92. The summed E-state index contributed by atoms with van der Waals surface area (Å²) in [4.78, 5) is 11.3. The molecule has 1 heterocycles. The van der Waals surface area contributed by atoms with Crippen LogP contribution in [0.2, 0.25) is 0 Å². The Labute approximate surface area is 78.1 Å². The molecule has 0 saturated carbocycles. The Balaban J connectivity index is 3.21. The smallest absolute Gasteiger partial charge is 0.293 e. The van der Waals surface area contributed by atoms with E-state index in [2.05, 4.69) is 22.6 Å². The molecule has 11 heavy (non-hydrogen) atoms. The predicted molar refractivity (Wildman–Crippen MR) is 51.3 cm³/mol. The molecule has 3 nitrogen and oxygen atoms in total. The number of hydrogen-bond acceptors (Lipinski definition) is 2. The fourth-order valence-corrected chi connectivity index (χ4v) is 1.30. The average Bonchev–Trinajstić information content (AvgIpc) is 2.05. The van der Waals surface area contributed by atoms with E-state index in [1.165, 1.54) is 7.11 Å². The third-order valence-electron chi connectivity index (χ3n) is 1.33. The summed E-state index contributed by atoms with van der Waals surface area (Å²) in [6, 6.07) is 3.45. The average molecular weight is 265 g/mol. The molecule has 0 bridgehead atoms. The van der Waals surface area contributed by atoms with Gasteiger partial charge in [0.15, 0.2) is 5.75 Å². The molecule has 4 heteroatoms. The molecule has 0 fully saturated rings. The van der Waals surface area contributed by atoms with Gasteiger partial charge >= 0.3 is 0 Å². The van der Waals surface area contributed by atoms with Gasteiger partial charge in [0, 0.05) is 6.20 Å². The molecule has 1 aromatic rings. The van der Waals surface area contributed by atoms with Gasteiger partial charge in [0.25, 0.3) is 5.56 Å². The summed E-state index contributed by atoms with van der Waals surface area (Å²) >= 11 is 2.12. The van der Waals surface area contributed by atoms with Gasteiger partial charge in [-0.3, -0.25) is 4.79 Å². The summed E-state index contributed by atoms with van der Waals surface area (Å²) in [6.07, 6.45) is 1.73. The zero-order valence-electron chi connectivity index (χ0n) is 6.08. The molecule has 60 valence electrons. The number of ether oxygens (including phenoxy) is 1. The monoisotopic (exact) mass is 265 g/mol. The van der Waals surface area contributed by atoms with Gasteiger partial charge in [-0.15, -0.1) is 0 Å². The zero-order chi connectivity index (χ0) is 8.27. The van der Waals surface area contributed by atoms with Gasteiger partial charge in [-0.1, -0.05) is 22.6 Å². The van der Waals surface area contributed by atoms with Crippen molar-refractivity contribution < 1.29 is 4.74 Å². The number of pyridine rings is 1. The van der Waals surface area contributed by atoms with E-state index in [0.29, 0.717) is 10.3 Å². The molecule has 0 atom stereocenters. The molecule has 0 radical (unpaired) electrons. The van der Waals surface area contributed by atoms with Crippen molar-refractivity contribution in [2.75, 3.05) is 7.11 Å². The summed E-state index contributed by atoms with van der Waals surface area (Å²) in [7, 11) is 1.49. The first kappa shape index (κ1) is 8.58. The van der Waals surface area contributed by atoms with Crippen LogP contribution in [0.3, 0.4) is 0 Å². The summed E-state index contributed by atoms with van der Waals surface area (Å²) in [5.74, 6) is 0.393. The van der Waals surface area contributed by atoms with Gasteiger partial charge in [0.05, 0.1) is 11.7 Å². The van der Waals surface area contributed by atoms with Crippen LogP contribution >= 0.6 is 22.6 Å². The fourth-order valence-electron chi connectivity index (χ4n) is 0.764. The first-order valence-electron chi connectivity index (χ1n) is 3.09. The normalized spacial score (nSPS) is 9.64. The zero-order valence-corrected chi connectivity index (χ0v) is 8.24. The Hall–Kier alpha value is -0.520. The van der Waals surface area contributed by atoms with Crippen molar-refractivity contribution >= 4 is 22.6 Å². The number of halogens is 1. The lowest BCUT2D eigenvalue weighted by Crippen LogP contribution is -2.18. The van der Waals surface area contributed by atoms with Crippen molar-refractivity contribution in [1.29, 1.82) is 0 Å². The predicted octanol–water partition coefficient (Wildman–Crippen LogP) is 1.25. The molecular weight excluding hydrogens is 257 g/mol. The molecule has 0 aromatic carbocycles. The van der Waals surface area contributed by atoms with Crippen LogP contribution in [0, 0.1) is 0 Å². The number of methoxy groups -OCH3 is 1. The Bertz CT molecular complexity index is 269. The van der Waals surface area contributed by atoms with E-state index in [0.717, 1.165) is 0 Å². The highest BCUT2D eigenvalue weighted by molar-refractivity contribution is 14.1. The van der Waals surface area contributed by atoms with Crippen LogP contribution in [0.15, 0.2) is 23.1 Å². The van der Waals surface area contributed by atoms with Crippen molar-refractivity contribution in [3.63, 3.8) is 0 Å². The molecule has 0 saturated heterocycles. The molecule has 0 unspecified atom stereocenters. The summed E-state index contributed by atoms with van der Waals surface area (Å²) in [5.41, 5.74) is -0.0793. The number of aromatic nitrogens is 1. The quantitative estimate of drug-likeness (QED) is 0.595. The minimum absolute atomic E-state index is 0.0793. The third kappa shape index (κ3) is 1.74. The number of rotatable bonds is 2. The van der Waals surface area contributed by atoms with Crippen LogP contribution in [0.5, 0.6) is 5.75 Å². The Morgan fingerprint density at radius 3 is 3.00 bits per heavy atom. The summed E-state index contributed by atoms with van der Waals surface area (Å²) in [6.45, 7) is 0. The maximum absolute atomic E-state index is 11.3. The Morgan fingerprint density at radius 1 is 1.73 bits per heavy atom. The molecular formula is C7H8INO2. The van der Waals surface area contributed by atoms with Crippen molar-refractivity contribution in [2.45, 2.75) is 4.55 Å². The lowest BCUT2D eigenvalue weighted by Gasteiger charge is -2.02. The Morgan fingerprint density at radius 2 is 2.45 bits per heavy atom. The first-order valence-corrected chi connectivity index (χ1v) is 4.61. The van der Waals surface area contributed by atoms with E-state index in [9.17, 15) is 4.79 Å². The van der Waals surface area contributed by atoms with Gasteiger partial charge in [-0.25, -0.2) is 0 Å². The van der Waals surface area contributed by atoms with Gasteiger partial charge in [0.1, 0.15) is 0 Å². The van der Waals surface area contributed by atoms with Crippen LogP contribution in [-0.4, -0.2) is 11.7 Å². The van der Waals surface area contributed by atoms with Crippen LogP contribution < -0.4 is 10.3 Å². The second kappa shape index (κ2) is 3.75. The standard InChI is InChI=1S/C7H8INO2/c1-11-6-3-2-4-9(5-8)7(6)10/h2-4H,5H2,1H3. The highest BCUT2D eigenvalue weighted by Gasteiger charge is 1.99. The molecule has 1 aromatic heterocycles. The van der Waals surface area contributed by atoms with Crippen LogP contribution in [0.1, 0.15) is 0 Å². The largest absolute Gasteiger partial charge is 0.491 e. The first-order chi connectivity index (χ1) is 5.29. The lowest BCUT2D eigenvalue weighted by atomic mass is 10.4. The molecule has 0 N–H and O–H groups in total. The maximum atomic E-state index is 11.3. The third-order valence-corrected chi connectivity index (χ3v) is 2.07. The second-order valence-corrected chi connectivity index (χ2v) is 2.65. The molecule has 0 amide bonds. The number of hydrogen-bond donors (Lipinski definition) is 0. The molecule has 0 spiro atoms. The van der Waals surface area contributed by atoms with Gasteiger partial charge < -0.3 is 9.30 Å². The maximum Gasteiger partial charge on any atom is 0.293 e. The fraction of sp³-hybridized carbons (Fsp3) is 0.286. The number of alkyl halides is 1. The van der Waals surface area contributed by atoms with E-state index < -0.39 is 0 Å². The van der Waals surface area contributed by atoms with Gasteiger partial charge in [0.2, 0.25) is 0 Å². The van der Waals surface area contributed by atoms with E-state index in [-0.39, 0.29) is 5.56 Å². The molecule has 0 aliphatic heterocycles. The van der Waals surface area contributed by atoms with Crippen LogP contribution in [-0.2, 0) is 4.55 Å². The van der Waals surface area contributed by atoms with E-state index in [1.807, 2.05) is 0 Å². The van der Waals surface area contributed by atoms with Crippen molar-refractivity contribution in [3.05, 3.63) is 28.7 Å². The van der Waals surface area contributed by atoms with E-state index in [4.69, 9.17) is 4.74 Å². The van der Waals surface area contributed by atoms with Crippen molar-refractivity contribution in [2.24, 2.45) is 0 Å². The molecule has 0 aliphatic rings. The van der Waals surface area contributed by atoms with Crippen LogP contribution in [0.25, 0.3) is 0 Å². The lowest BCUT2D eigenvalue weighted by molar-refractivity contribution is 0.405. The SMILES string of the molecule is COc1cccn(CI)c1=O. The highest BCUT2D eigenvalue weighted by Crippen LogP contribution is 2.00. The molecule has 0 aliphatic carbocycles. The summed E-state index contributed by atoms with van der Waals surface area (Å²) < 4.78 is 7.08. The van der Waals surface area contributed by atoms with Crippen molar-refractivity contribution in [1.82, 2.24) is 4.57 Å². The van der Waals surface area contributed by atoms with E-state index in [1.54, 1.807) is 22.9 Å². The van der Waals surface area contributed by atoms with Gasteiger partial charge in [-0.05, 0) is 12.1 Å². The summed E-state index contributed by atoms with van der Waals surface area (Å²) in [5, 5.41) is 0. The second-order valence-electron chi connectivity index (χ2n) is 1.97. The minimum Gasteiger partial charge on any atom is -0.491 e.